The first-order valence-corrected chi connectivity index (χ1v) is 7.13. The summed E-state index contributed by atoms with van der Waals surface area (Å²) in [5.74, 6) is 1.74. The van der Waals surface area contributed by atoms with Gasteiger partial charge in [0, 0.05) is 6.04 Å². The molecule has 3 rings (SSSR count). The molecule has 1 fully saturated rings. The van der Waals surface area contributed by atoms with Gasteiger partial charge >= 0.3 is 0 Å². The molecule has 1 N–H and O–H groups in total. The van der Waals surface area contributed by atoms with E-state index in [1.54, 1.807) is 6.20 Å². The minimum absolute atomic E-state index is 0.0781. The quantitative estimate of drug-likeness (QED) is 0.886. The lowest BCUT2D eigenvalue weighted by atomic mass is 10.0. The summed E-state index contributed by atoms with van der Waals surface area (Å²) in [6.45, 7) is 3.95. The van der Waals surface area contributed by atoms with Gasteiger partial charge in [0.15, 0.2) is 5.82 Å². The molecule has 2 aliphatic rings. The van der Waals surface area contributed by atoms with Gasteiger partial charge in [0.25, 0.3) is 0 Å². The molecule has 1 atom stereocenters. The van der Waals surface area contributed by atoms with Crippen LogP contribution in [0.5, 0.6) is 0 Å². The van der Waals surface area contributed by atoms with E-state index in [1.807, 2.05) is 6.92 Å². The molecule has 0 bridgehead atoms. The van der Waals surface area contributed by atoms with Crippen molar-refractivity contribution in [3.8, 4) is 0 Å². The Hall–Kier alpha value is -1.65. The Morgan fingerprint density at radius 3 is 2.84 bits per heavy atom. The number of fused-ring (bicyclic) bond motifs is 1. The maximum atomic E-state index is 12.2. The predicted molar refractivity (Wildman–Crippen MR) is 74.2 cm³/mol. The number of anilines is 2. The summed E-state index contributed by atoms with van der Waals surface area (Å²) in [6, 6.07) is 0.356. The minimum Gasteiger partial charge on any atom is -0.340 e. The molecule has 0 spiro atoms. The summed E-state index contributed by atoms with van der Waals surface area (Å²) < 4.78 is 0. The Balaban J connectivity index is 2.05. The second-order valence-electron chi connectivity index (χ2n) is 5.41. The Morgan fingerprint density at radius 1 is 1.42 bits per heavy atom. The van der Waals surface area contributed by atoms with E-state index in [2.05, 4.69) is 27.1 Å². The van der Waals surface area contributed by atoms with Crippen LogP contribution in [0.2, 0.25) is 0 Å². The van der Waals surface area contributed by atoms with Gasteiger partial charge in [-0.2, -0.15) is 0 Å². The number of carbonyl (C=O) groups is 1. The maximum Gasteiger partial charge on any atom is 0.247 e. The van der Waals surface area contributed by atoms with Crippen molar-refractivity contribution in [3.05, 3.63) is 12.0 Å². The molecule has 0 unspecified atom stereocenters. The molecule has 1 amide bonds. The van der Waals surface area contributed by atoms with Gasteiger partial charge in [-0.1, -0.05) is 19.8 Å². The second kappa shape index (κ2) is 4.79. The number of hydrogen-bond acceptors (Lipinski definition) is 4. The minimum atomic E-state index is -0.0927. The number of nitrogens with zero attached hydrogens (tertiary/aromatic N) is 3. The molecule has 19 heavy (non-hydrogen) atoms. The first-order valence-electron chi connectivity index (χ1n) is 7.13. The maximum absolute atomic E-state index is 12.2. The van der Waals surface area contributed by atoms with E-state index in [9.17, 15) is 4.79 Å². The summed E-state index contributed by atoms with van der Waals surface area (Å²) in [5.41, 5.74) is 0.757. The molecule has 0 aromatic carbocycles. The van der Waals surface area contributed by atoms with Crippen molar-refractivity contribution >= 4 is 17.4 Å². The van der Waals surface area contributed by atoms with Gasteiger partial charge in [-0.15, -0.1) is 0 Å². The van der Waals surface area contributed by atoms with Crippen molar-refractivity contribution in [2.75, 3.05) is 10.2 Å². The predicted octanol–water partition coefficient (Wildman–Crippen LogP) is 2.26. The first-order chi connectivity index (χ1) is 9.20. The van der Waals surface area contributed by atoms with E-state index >= 15 is 0 Å². The number of nitrogens with one attached hydrogen (secondary N) is 1. The van der Waals surface area contributed by atoms with Crippen LogP contribution in [-0.4, -0.2) is 28.0 Å². The molecule has 0 radical (unpaired) electrons. The van der Waals surface area contributed by atoms with Gasteiger partial charge < -0.3 is 10.2 Å². The molecular formula is C14H20N4O. The van der Waals surface area contributed by atoms with E-state index in [1.165, 1.54) is 12.8 Å². The molecule has 102 valence electrons. The highest BCUT2D eigenvalue weighted by atomic mass is 16.2. The molecule has 1 saturated carbocycles. The zero-order chi connectivity index (χ0) is 13.4. The van der Waals surface area contributed by atoms with Crippen molar-refractivity contribution in [1.82, 2.24) is 9.97 Å². The average Bonchev–Trinajstić information content (AvgIpc) is 2.91. The van der Waals surface area contributed by atoms with E-state index in [-0.39, 0.29) is 11.9 Å². The van der Waals surface area contributed by atoms with Gasteiger partial charge in [0.05, 0.1) is 6.20 Å². The van der Waals surface area contributed by atoms with Crippen molar-refractivity contribution in [2.24, 2.45) is 0 Å². The summed E-state index contributed by atoms with van der Waals surface area (Å²) in [5, 5.41) is 2.94. The number of rotatable bonds is 2. The fraction of sp³-hybridized carbons (Fsp3) is 0.643. The molecule has 1 aromatic rings. The van der Waals surface area contributed by atoms with Gasteiger partial charge in [-0.05, 0) is 26.2 Å². The summed E-state index contributed by atoms with van der Waals surface area (Å²) in [7, 11) is 0. The Morgan fingerprint density at radius 2 is 2.16 bits per heavy atom. The molecule has 2 heterocycles. The zero-order valence-electron chi connectivity index (χ0n) is 11.5. The van der Waals surface area contributed by atoms with E-state index < -0.39 is 0 Å². The third kappa shape index (κ3) is 2.07. The molecule has 1 aliphatic carbocycles. The molecule has 0 saturated heterocycles. The van der Waals surface area contributed by atoms with Crippen molar-refractivity contribution < 1.29 is 4.79 Å². The van der Waals surface area contributed by atoms with Crippen LogP contribution in [0.15, 0.2) is 6.20 Å². The van der Waals surface area contributed by atoms with E-state index in [0.29, 0.717) is 6.04 Å². The lowest BCUT2D eigenvalue weighted by Gasteiger charge is -2.40. The molecule has 5 heteroatoms. The van der Waals surface area contributed by atoms with Crippen LogP contribution in [-0.2, 0) is 4.79 Å². The molecule has 1 aromatic heterocycles. The number of hydrogen-bond donors (Lipinski definition) is 1. The largest absolute Gasteiger partial charge is 0.340 e. The van der Waals surface area contributed by atoms with Gasteiger partial charge in [-0.25, -0.2) is 9.97 Å². The van der Waals surface area contributed by atoms with Crippen LogP contribution in [0.25, 0.3) is 0 Å². The Kier molecular flexibility index (Phi) is 3.12. The highest BCUT2D eigenvalue weighted by molar-refractivity contribution is 6.02. The Labute approximate surface area is 113 Å². The van der Waals surface area contributed by atoms with Crippen molar-refractivity contribution in [1.29, 1.82) is 0 Å². The smallest absolute Gasteiger partial charge is 0.247 e. The topological polar surface area (TPSA) is 58.1 Å². The fourth-order valence-electron chi connectivity index (χ4n) is 3.22. The summed E-state index contributed by atoms with van der Waals surface area (Å²) >= 11 is 0. The normalized spacial score (nSPS) is 23.4. The molecule has 1 aliphatic heterocycles. The van der Waals surface area contributed by atoms with Crippen LogP contribution in [0.1, 0.15) is 44.9 Å². The SMILES string of the molecule is CC[C@@H]1C(=O)Nc2cnc(C)nc2N1C1CCCC1. The lowest BCUT2D eigenvalue weighted by molar-refractivity contribution is -0.117. The highest BCUT2D eigenvalue weighted by Crippen LogP contribution is 2.36. The van der Waals surface area contributed by atoms with Crippen LogP contribution in [0.4, 0.5) is 11.5 Å². The van der Waals surface area contributed by atoms with Gasteiger partial charge in [0.1, 0.15) is 17.6 Å². The third-order valence-electron chi connectivity index (χ3n) is 4.13. The van der Waals surface area contributed by atoms with Crippen molar-refractivity contribution in [3.63, 3.8) is 0 Å². The summed E-state index contributed by atoms with van der Waals surface area (Å²) in [4.78, 5) is 23.2. The highest BCUT2D eigenvalue weighted by Gasteiger charge is 2.38. The number of carbonyl (C=O) groups excluding carboxylic acids is 1. The fourth-order valence-corrected chi connectivity index (χ4v) is 3.22. The van der Waals surface area contributed by atoms with Crippen molar-refractivity contribution in [2.45, 2.75) is 58.0 Å². The third-order valence-corrected chi connectivity index (χ3v) is 4.13. The standard InChI is InChI=1S/C14H20N4O/c1-3-12-14(19)17-11-8-15-9(2)16-13(11)18(12)10-6-4-5-7-10/h8,10,12H,3-7H2,1-2H3,(H,17,19)/t12-/m1/s1. The van der Waals surface area contributed by atoms with Crippen LogP contribution < -0.4 is 10.2 Å². The average molecular weight is 260 g/mol. The second-order valence-corrected chi connectivity index (χ2v) is 5.41. The monoisotopic (exact) mass is 260 g/mol. The van der Waals surface area contributed by atoms with E-state index in [4.69, 9.17) is 0 Å². The number of aryl methyl sites for hydroxylation is 1. The lowest BCUT2D eigenvalue weighted by Crippen LogP contribution is -2.52. The number of amides is 1. The first kappa shape index (κ1) is 12.4. The zero-order valence-corrected chi connectivity index (χ0v) is 11.5. The van der Waals surface area contributed by atoms with Crippen LogP contribution >= 0.6 is 0 Å². The van der Waals surface area contributed by atoms with E-state index in [0.717, 1.165) is 36.6 Å². The summed E-state index contributed by atoms with van der Waals surface area (Å²) in [6.07, 6.45) is 7.35. The Bertz CT molecular complexity index is 496. The number of aromatic nitrogens is 2. The van der Waals surface area contributed by atoms with Gasteiger partial charge in [-0.3, -0.25) is 4.79 Å². The van der Waals surface area contributed by atoms with Gasteiger partial charge in [0.2, 0.25) is 5.91 Å². The molecule has 5 nitrogen and oxygen atoms in total. The molecular weight excluding hydrogens is 240 g/mol. The van der Waals surface area contributed by atoms with Crippen LogP contribution in [0.3, 0.4) is 0 Å². The van der Waals surface area contributed by atoms with Crippen LogP contribution in [0, 0.1) is 6.92 Å².